The zero-order valence-corrected chi connectivity index (χ0v) is 9.13. The van der Waals surface area contributed by atoms with Gasteiger partial charge in [0.15, 0.2) is 0 Å². The molecule has 78 valence electrons. The molecule has 0 fully saturated rings. The standard InChI is InChI=1S/C11H17NO2/c1-8(12-2)9-5-10(13-3)7-11(6-9)14-4/h5-8,12H,1-4H3. The maximum Gasteiger partial charge on any atom is 0.122 e. The maximum atomic E-state index is 5.18. The SMILES string of the molecule is CNC(C)c1cc(OC)cc(OC)c1. The van der Waals surface area contributed by atoms with Gasteiger partial charge in [0.1, 0.15) is 11.5 Å². The molecule has 1 rings (SSSR count). The highest BCUT2D eigenvalue weighted by atomic mass is 16.5. The van der Waals surface area contributed by atoms with Gasteiger partial charge in [0.2, 0.25) is 0 Å². The van der Waals surface area contributed by atoms with E-state index >= 15 is 0 Å². The Bertz CT molecular complexity index is 277. The van der Waals surface area contributed by atoms with Crippen molar-refractivity contribution in [2.24, 2.45) is 0 Å². The Hall–Kier alpha value is -1.22. The Morgan fingerprint density at radius 3 is 1.93 bits per heavy atom. The minimum Gasteiger partial charge on any atom is -0.497 e. The summed E-state index contributed by atoms with van der Waals surface area (Å²) < 4.78 is 10.4. The van der Waals surface area contributed by atoms with E-state index in [1.54, 1.807) is 14.2 Å². The second kappa shape index (κ2) is 4.86. The largest absolute Gasteiger partial charge is 0.497 e. The Labute approximate surface area is 85.0 Å². The summed E-state index contributed by atoms with van der Waals surface area (Å²) in [5, 5.41) is 3.17. The van der Waals surface area contributed by atoms with Crippen LogP contribution in [-0.4, -0.2) is 21.3 Å². The smallest absolute Gasteiger partial charge is 0.122 e. The minimum absolute atomic E-state index is 0.291. The zero-order valence-electron chi connectivity index (χ0n) is 9.13. The molecule has 0 heterocycles. The Balaban J connectivity index is 3.04. The Morgan fingerprint density at radius 2 is 1.57 bits per heavy atom. The molecule has 0 radical (unpaired) electrons. The molecule has 0 aromatic heterocycles. The Morgan fingerprint density at radius 1 is 1.07 bits per heavy atom. The van der Waals surface area contributed by atoms with Crippen molar-refractivity contribution in [1.29, 1.82) is 0 Å². The van der Waals surface area contributed by atoms with Crippen LogP contribution in [0.1, 0.15) is 18.5 Å². The summed E-state index contributed by atoms with van der Waals surface area (Å²) in [5.74, 6) is 1.64. The highest BCUT2D eigenvalue weighted by molar-refractivity contribution is 5.39. The van der Waals surface area contributed by atoms with Gasteiger partial charge in [-0.1, -0.05) is 0 Å². The molecule has 3 nitrogen and oxygen atoms in total. The van der Waals surface area contributed by atoms with Gasteiger partial charge < -0.3 is 14.8 Å². The lowest BCUT2D eigenvalue weighted by molar-refractivity contribution is 0.392. The van der Waals surface area contributed by atoms with Crippen LogP contribution in [-0.2, 0) is 0 Å². The van der Waals surface area contributed by atoms with Crippen molar-refractivity contribution in [3.8, 4) is 11.5 Å². The number of rotatable bonds is 4. The Kier molecular flexibility index (Phi) is 3.77. The summed E-state index contributed by atoms with van der Waals surface area (Å²) in [7, 11) is 5.24. The molecular formula is C11H17NO2. The van der Waals surface area contributed by atoms with Gasteiger partial charge in [-0.2, -0.15) is 0 Å². The third kappa shape index (κ3) is 2.39. The third-order valence-electron chi connectivity index (χ3n) is 2.31. The lowest BCUT2D eigenvalue weighted by Crippen LogP contribution is -2.12. The number of nitrogens with one attached hydrogen (secondary N) is 1. The summed E-state index contributed by atoms with van der Waals surface area (Å²) in [5.41, 5.74) is 1.16. The second-order valence-corrected chi connectivity index (χ2v) is 3.16. The highest BCUT2D eigenvalue weighted by Crippen LogP contribution is 2.25. The highest BCUT2D eigenvalue weighted by Gasteiger charge is 2.06. The van der Waals surface area contributed by atoms with E-state index in [9.17, 15) is 0 Å². The van der Waals surface area contributed by atoms with E-state index in [-0.39, 0.29) is 0 Å². The van der Waals surface area contributed by atoms with Gasteiger partial charge in [-0.25, -0.2) is 0 Å². The van der Waals surface area contributed by atoms with Gasteiger partial charge in [0.05, 0.1) is 14.2 Å². The van der Waals surface area contributed by atoms with Gasteiger partial charge in [-0.3, -0.25) is 0 Å². The van der Waals surface area contributed by atoms with Crippen molar-refractivity contribution in [1.82, 2.24) is 5.32 Å². The summed E-state index contributed by atoms with van der Waals surface area (Å²) in [4.78, 5) is 0. The molecule has 1 aromatic carbocycles. The molecule has 3 heteroatoms. The first-order valence-electron chi connectivity index (χ1n) is 4.61. The van der Waals surface area contributed by atoms with Crippen molar-refractivity contribution >= 4 is 0 Å². The fraction of sp³-hybridized carbons (Fsp3) is 0.455. The van der Waals surface area contributed by atoms with E-state index in [4.69, 9.17) is 9.47 Å². The first-order chi connectivity index (χ1) is 6.71. The van der Waals surface area contributed by atoms with E-state index in [1.807, 2.05) is 25.2 Å². The van der Waals surface area contributed by atoms with Crippen molar-refractivity contribution in [2.45, 2.75) is 13.0 Å². The molecule has 0 saturated heterocycles. The van der Waals surface area contributed by atoms with E-state index in [0.717, 1.165) is 17.1 Å². The van der Waals surface area contributed by atoms with Gasteiger partial charge >= 0.3 is 0 Å². The summed E-state index contributed by atoms with van der Waals surface area (Å²) in [6.45, 7) is 2.09. The molecule has 0 saturated carbocycles. The number of hydrogen-bond acceptors (Lipinski definition) is 3. The van der Waals surface area contributed by atoms with Crippen LogP contribution in [0, 0.1) is 0 Å². The molecule has 14 heavy (non-hydrogen) atoms. The van der Waals surface area contributed by atoms with Crippen LogP contribution >= 0.6 is 0 Å². The minimum atomic E-state index is 0.291. The van der Waals surface area contributed by atoms with Gasteiger partial charge in [0, 0.05) is 12.1 Å². The summed E-state index contributed by atoms with van der Waals surface area (Å²) in [6, 6.07) is 6.17. The maximum absolute atomic E-state index is 5.18. The third-order valence-corrected chi connectivity index (χ3v) is 2.31. The number of methoxy groups -OCH3 is 2. The normalized spacial score (nSPS) is 12.3. The molecule has 1 atom stereocenters. The van der Waals surface area contributed by atoms with Gasteiger partial charge in [0.25, 0.3) is 0 Å². The van der Waals surface area contributed by atoms with E-state index in [0.29, 0.717) is 6.04 Å². The van der Waals surface area contributed by atoms with E-state index in [2.05, 4.69) is 12.2 Å². The predicted octanol–water partition coefficient (Wildman–Crippen LogP) is 1.98. The zero-order chi connectivity index (χ0) is 10.6. The van der Waals surface area contributed by atoms with Crippen molar-refractivity contribution < 1.29 is 9.47 Å². The molecule has 0 aliphatic carbocycles. The average molecular weight is 195 g/mol. The van der Waals surface area contributed by atoms with Crippen LogP contribution in [0.25, 0.3) is 0 Å². The van der Waals surface area contributed by atoms with Crippen LogP contribution in [0.3, 0.4) is 0 Å². The second-order valence-electron chi connectivity index (χ2n) is 3.16. The molecular weight excluding hydrogens is 178 g/mol. The fourth-order valence-corrected chi connectivity index (χ4v) is 1.25. The van der Waals surface area contributed by atoms with Crippen LogP contribution in [0.2, 0.25) is 0 Å². The van der Waals surface area contributed by atoms with Crippen LogP contribution in [0.15, 0.2) is 18.2 Å². The quantitative estimate of drug-likeness (QED) is 0.797. The van der Waals surface area contributed by atoms with Crippen molar-refractivity contribution in [3.63, 3.8) is 0 Å². The number of ether oxygens (including phenoxy) is 2. The molecule has 0 aliphatic heterocycles. The van der Waals surface area contributed by atoms with Gasteiger partial charge in [-0.15, -0.1) is 0 Å². The monoisotopic (exact) mass is 195 g/mol. The van der Waals surface area contributed by atoms with Crippen LogP contribution < -0.4 is 14.8 Å². The molecule has 0 spiro atoms. The van der Waals surface area contributed by atoms with E-state index in [1.165, 1.54) is 0 Å². The van der Waals surface area contributed by atoms with Crippen molar-refractivity contribution in [2.75, 3.05) is 21.3 Å². The van der Waals surface area contributed by atoms with Crippen LogP contribution in [0.5, 0.6) is 11.5 Å². The lowest BCUT2D eigenvalue weighted by atomic mass is 10.1. The molecule has 1 N–H and O–H groups in total. The number of benzene rings is 1. The lowest BCUT2D eigenvalue weighted by Gasteiger charge is -2.13. The first kappa shape index (κ1) is 10.9. The topological polar surface area (TPSA) is 30.5 Å². The molecule has 0 bridgehead atoms. The fourth-order valence-electron chi connectivity index (χ4n) is 1.25. The summed E-state index contributed by atoms with van der Waals surface area (Å²) in [6.07, 6.45) is 0. The molecule has 0 aliphatic rings. The van der Waals surface area contributed by atoms with Crippen LogP contribution in [0.4, 0.5) is 0 Å². The van der Waals surface area contributed by atoms with Crippen molar-refractivity contribution in [3.05, 3.63) is 23.8 Å². The average Bonchev–Trinajstić information content (AvgIpc) is 2.27. The number of hydrogen-bond donors (Lipinski definition) is 1. The molecule has 1 aromatic rings. The molecule has 0 amide bonds. The predicted molar refractivity (Wildman–Crippen MR) is 57.0 cm³/mol. The summed E-state index contributed by atoms with van der Waals surface area (Å²) >= 11 is 0. The van der Waals surface area contributed by atoms with Gasteiger partial charge in [-0.05, 0) is 31.7 Å². The van der Waals surface area contributed by atoms with E-state index < -0.39 is 0 Å². The first-order valence-corrected chi connectivity index (χ1v) is 4.61. The molecule has 1 unspecified atom stereocenters.